The Hall–Kier alpha value is -3.65. The number of nitrogens with one attached hydrogen (secondary N) is 2. The normalized spacial score (nSPS) is 13.4. The number of carboxylic acid groups (broad SMARTS) is 1. The SMILES string of the molecule is CC(C)(CCNC(=O)C(NC(=O)OCC1c2ccccc2-c2ccccc21)c1cccs1)C(=O)O. The number of amides is 2. The molecule has 35 heavy (non-hydrogen) atoms. The molecule has 1 heterocycles. The molecule has 0 fully saturated rings. The maximum Gasteiger partial charge on any atom is 0.408 e. The van der Waals surface area contributed by atoms with E-state index in [1.807, 2.05) is 41.8 Å². The molecule has 182 valence electrons. The summed E-state index contributed by atoms with van der Waals surface area (Å²) in [5, 5.41) is 16.5. The molecular weight excluding hydrogens is 464 g/mol. The minimum atomic E-state index is -0.966. The second-order valence-electron chi connectivity index (χ2n) is 9.15. The van der Waals surface area contributed by atoms with Crippen molar-refractivity contribution in [2.75, 3.05) is 13.2 Å². The summed E-state index contributed by atoms with van der Waals surface area (Å²) in [6.45, 7) is 3.53. The summed E-state index contributed by atoms with van der Waals surface area (Å²) in [7, 11) is 0. The molecule has 4 rings (SSSR count). The molecule has 0 aliphatic heterocycles. The van der Waals surface area contributed by atoms with Crippen molar-refractivity contribution >= 4 is 29.3 Å². The van der Waals surface area contributed by atoms with E-state index in [2.05, 4.69) is 22.8 Å². The Morgan fingerprint density at radius 1 is 1.00 bits per heavy atom. The van der Waals surface area contributed by atoms with Crippen LogP contribution in [0, 0.1) is 5.41 Å². The quantitative estimate of drug-likeness (QED) is 0.392. The fourth-order valence-corrected chi connectivity index (χ4v) is 4.96. The zero-order valence-electron chi connectivity index (χ0n) is 19.6. The van der Waals surface area contributed by atoms with Gasteiger partial charge in [-0.3, -0.25) is 9.59 Å². The molecule has 1 aromatic heterocycles. The van der Waals surface area contributed by atoms with Gasteiger partial charge in [-0.05, 0) is 54.0 Å². The highest BCUT2D eigenvalue weighted by Crippen LogP contribution is 2.44. The van der Waals surface area contributed by atoms with E-state index < -0.39 is 29.4 Å². The molecule has 1 unspecified atom stereocenters. The van der Waals surface area contributed by atoms with Crippen molar-refractivity contribution < 1.29 is 24.2 Å². The minimum Gasteiger partial charge on any atom is -0.481 e. The molecule has 8 heteroatoms. The van der Waals surface area contributed by atoms with Crippen LogP contribution < -0.4 is 10.6 Å². The average Bonchev–Trinajstić information content (AvgIpc) is 3.48. The van der Waals surface area contributed by atoms with Gasteiger partial charge < -0.3 is 20.5 Å². The van der Waals surface area contributed by atoms with Gasteiger partial charge in [0.15, 0.2) is 0 Å². The van der Waals surface area contributed by atoms with Crippen molar-refractivity contribution in [3.05, 3.63) is 82.0 Å². The number of hydrogen-bond donors (Lipinski definition) is 3. The van der Waals surface area contributed by atoms with Gasteiger partial charge in [-0.15, -0.1) is 11.3 Å². The number of hydrogen-bond acceptors (Lipinski definition) is 5. The highest BCUT2D eigenvalue weighted by molar-refractivity contribution is 7.10. The molecule has 1 atom stereocenters. The highest BCUT2D eigenvalue weighted by Gasteiger charge is 2.31. The Labute approximate surface area is 208 Å². The van der Waals surface area contributed by atoms with Crippen LogP contribution in [0.15, 0.2) is 66.0 Å². The minimum absolute atomic E-state index is 0.0829. The summed E-state index contributed by atoms with van der Waals surface area (Å²) < 4.78 is 5.61. The fraction of sp³-hybridized carbons (Fsp3) is 0.296. The molecule has 0 radical (unpaired) electrons. The summed E-state index contributed by atoms with van der Waals surface area (Å²) in [6, 6.07) is 18.8. The Bertz CT molecular complexity index is 1180. The Kier molecular flexibility index (Phi) is 7.21. The van der Waals surface area contributed by atoms with E-state index in [4.69, 9.17) is 4.74 Å². The third-order valence-corrected chi connectivity index (χ3v) is 7.26. The molecule has 0 bridgehead atoms. The fourth-order valence-electron chi connectivity index (χ4n) is 4.19. The summed E-state index contributed by atoms with van der Waals surface area (Å²) in [5.41, 5.74) is 3.52. The van der Waals surface area contributed by atoms with E-state index in [9.17, 15) is 19.5 Å². The molecule has 2 aromatic carbocycles. The van der Waals surface area contributed by atoms with E-state index in [0.717, 1.165) is 22.3 Å². The topological polar surface area (TPSA) is 105 Å². The third-order valence-electron chi connectivity index (χ3n) is 6.32. The van der Waals surface area contributed by atoms with E-state index >= 15 is 0 Å². The number of carbonyl (C=O) groups is 3. The van der Waals surface area contributed by atoms with Gasteiger partial charge in [0.05, 0.1) is 5.41 Å². The number of carboxylic acids is 1. The maximum atomic E-state index is 12.9. The molecule has 3 N–H and O–H groups in total. The van der Waals surface area contributed by atoms with Gasteiger partial charge in [-0.1, -0.05) is 54.6 Å². The van der Waals surface area contributed by atoms with Crippen molar-refractivity contribution in [1.29, 1.82) is 0 Å². The predicted octanol–water partition coefficient (Wildman–Crippen LogP) is 4.95. The number of carbonyl (C=O) groups excluding carboxylic acids is 2. The smallest absolute Gasteiger partial charge is 0.408 e. The van der Waals surface area contributed by atoms with Crippen LogP contribution >= 0.6 is 11.3 Å². The Morgan fingerprint density at radius 3 is 2.20 bits per heavy atom. The van der Waals surface area contributed by atoms with Crippen LogP contribution in [0.4, 0.5) is 4.79 Å². The molecule has 0 spiro atoms. The monoisotopic (exact) mass is 492 g/mol. The Morgan fingerprint density at radius 2 is 1.63 bits per heavy atom. The highest BCUT2D eigenvalue weighted by atomic mass is 32.1. The lowest BCUT2D eigenvalue weighted by molar-refractivity contribution is -0.147. The van der Waals surface area contributed by atoms with Gasteiger partial charge in [-0.2, -0.15) is 0 Å². The second-order valence-corrected chi connectivity index (χ2v) is 10.1. The van der Waals surface area contributed by atoms with Gasteiger partial charge in [0, 0.05) is 17.3 Å². The van der Waals surface area contributed by atoms with Crippen molar-refractivity contribution in [3.8, 4) is 11.1 Å². The number of rotatable bonds is 9. The lowest BCUT2D eigenvalue weighted by atomic mass is 9.90. The van der Waals surface area contributed by atoms with Crippen molar-refractivity contribution in [2.24, 2.45) is 5.41 Å². The molecule has 0 saturated carbocycles. The standard InChI is InChI=1S/C27H28N2O5S/c1-27(2,25(31)32)13-14-28-24(30)23(22-12-7-15-35-22)29-26(33)34-16-21-19-10-5-3-8-17(19)18-9-4-6-11-20(18)21/h3-12,15,21,23H,13-14,16H2,1-2H3,(H,28,30)(H,29,33)(H,31,32). The lowest BCUT2D eigenvalue weighted by Crippen LogP contribution is -2.42. The first-order valence-corrected chi connectivity index (χ1v) is 12.3. The summed E-state index contributed by atoms with van der Waals surface area (Å²) in [4.78, 5) is 37.6. The zero-order valence-corrected chi connectivity index (χ0v) is 20.4. The Balaban J connectivity index is 1.40. The number of alkyl carbamates (subject to hydrolysis) is 1. The summed E-state index contributed by atoms with van der Waals surface area (Å²) in [6.07, 6.45) is -0.429. The van der Waals surface area contributed by atoms with E-state index in [1.54, 1.807) is 26.0 Å². The zero-order chi connectivity index (χ0) is 25.0. The van der Waals surface area contributed by atoms with Crippen LogP contribution in [-0.2, 0) is 14.3 Å². The molecule has 3 aromatic rings. The number of benzene rings is 2. The van der Waals surface area contributed by atoms with Crippen LogP contribution in [0.1, 0.15) is 48.2 Å². The number of fused-ring (bicyclic) bond motifs is 3. The summed E-state index contributed by atoms with van der Waals surface area (Å²) in [5.74, 6) is -1.43. The molecule has 0 saturated heterocycles. The van der Waals surface area contributed by atoms with Gasteiger partial charge >= 0.3 is 12.1 Å². The molecule has 1 aliphatic rings. The lowest BCUT2D eigenvalue weighted by Gasteiger charge is -2.21. The second kappa shape index (κ2) is 10.3. The van der Waals surface area contributed by atoms with Crippen LogP contribution in [0.3, 0.4) is 0 Å². The molecule has 7 nitrogen and oxygen atoms in total. The van der Waals surface area contributed by atoms with Crippen LogP contribution in [0.5, 0.6) is 0 Å². The van der Waals surface area contributed by atoms with Gasteiger partial charge in [0.2, 0.25) is 5.91 Å². The van der Waals surface area contributed by atoms with Crippen molar-refractivity contribution in [3.63, 3.8) is 0 Å². The number of aliphatic carboxylic acids is 1. The summed E-state index contributed by atoms with van der Waals surface area (Å²) >= 11 is 1.34. The van der Waals surface area contributed by atoms with E-state index in [0.29, 0.717) is 4.88 Å². The predicted molar refractivity (Wildman–Crippen MR) is 134 cm³/mol. The molecule has 1 aliphatic carbocycles. The first kappa shape index (κ1) is 24.5. The van der Waals surface area contributed by atoms with Crippen LogP contribution in [-0.4, -0.2) is 36.2 Å². The van der Waals surface area contributed by atoms with Gasteiger partial charge in [0.1, 0.15) is 12.6 Å². The van der Waals surface area contributed by atoms with E-state index in [1.165, 1.54) is 11.3 Å². The van der Waals surface area contributed by atoms with Crippen molar-refractivity contribution in [2.45, 2.75) is 32.2 Å². The average molecular weight is 493 g/mol. The maximum absolute atomic E-state index is 12.9. The molecule has 2 amide bonds. The van der Waals surface area contributed by atoms with E-state index in [-0.39, 0.29) is 25.5 Å². The largest absolute Gasteiger partial charge is 0.481 e. The third kappa shape index (κ3) is 5.38. The van der Waals surface area contributed by atoms with Crippen molar-refractivity contribution in [1.82, 2.24) is 10.6 Å². The first-order chi connectivity index (χ1) is 16.8. The molecular formula is C27H28N2O5S. The van der Waals surface area contributed by atoms with Gasteiger partial charge in [0.25, 0.3) is 0 Å². The van der Waals surface area contributed by atoms with Crippen LogP contribution in [0.2, 0.25) is 0 Å². The van der Waals surface area contributed by atoms with Crippen LogP contribution in [0.25, 0.3) is 11.1 Å². The number of thiophene rings is 1. The van der Waals surface area contributed by atoms with Gasteiger partial charge in [-0.25, -0.2) is 4.79 Å². The first-order valence-electron chi connectivity index (χ1n) is 11.4. The number of ether oxygens (including phenoxy) is 1.